The summed E-state index contributed by atoms with van der Waals surface area (Å²) in [5.41, 5.74) is 1.72. The van der Waals surface area contributed by atoms with Crippen molar-refractivity contribution in [2.75, 3.05) is 18.1 Å². The summed E-state index contributed by atoms with van der Waals surface area (Å²) >= 11 is 0. The van der Waals surface area contributed by atoms with E-state index < -0.39 is 0 Å². The van der Waals surface area contributed by atoms with Crippen LogP contribution in [0.1, 0.15) is 18.9 Å². The van der Waals surface area contributed by atoms with Crippen molar-refractivity contribution < 1.29 is 14.3 Å². The van der Waals surface area contributed by atoms with Crippen LogP contribution in [0.25, 0.3) is 0 Å². The second kappa shape index (κ2) is 8.33. The van der Waals surface area contributed by atoms with Crippen LogP contribution in [0.15, 0.2) is 48.8 Å². The fourth-order valence-electron chi connectivity index (χ4n) is 2.86. The molecule has 7 heteroatoms. The number of amides is 3. The van der Waals surface area contributed by atoms with E-state index in [9.17, 15) is 9.59 Å². The van der Waals surface area contributed by atoms with Crippen LogP contribution in [0.2, 0.25) is 0 Å². The number of urea groups is 1. The molecule has 0 radical (unpaired) electrons. The van der Waals surface area contributed by atoms with Crippen molar-refractivity contribution in [2.45, 2.75) is 25.9 Å². The molecule has 7 nitrogen and oxygen atoms in total. The zero-order valence-corrected chi connectivity index (χ0v) is 14.6. The minimum atomic E-state index is -0.291. The standard InChI is InChI=1S/C19H22N4O3/c1-2-26-17-7-5-16(6-8-17)23-13-15(10-18(23)24)22-19(25)21-12-14-4-3-9-20-11-14/h3-9,11,15H,2,10,12-13H2,1H3,(H2,21,22,25)/t15-/m0/s1. The highest BCUT2D eigenvalue weighted by Crippen LogP contribution is 2.24. The lowest BCUT2D eigenvalue weighted by molar-refractivity contribution is -0.117. The quantitative estimate of drug-likeness (QED) is 0.832. The average molecular weight is 354 g/mol. The van der Waals surface area contributed by atoms with Gasteiger partial charge in [0.1, 0.15) is 5.75 Å². The van der Waals surface area contributed by atoms with Crippen molar-refractivity contribution in [1.82, 2.24) is 15.6 Å². The molecule has 0 saturated carbocycles. The van der Waals surface area contributed by atoms with E-state index in [2.05, 4.69) is 15.6 Å². The third-order valence-electron chi connectivity index (χ3n) is 4.10. The number of nitrogens with one attached hydrogen (secondary N) is 2. The normalized spacial score (nSPS) is 16.4. The van der Waals surface area contributed by atoms with Crippen molar-refractivity contribution >= 4 is 17.6 Å². The molecule has 2 aromatic rings. The van der Waals surface area contributed by atoms with Crippen LogP contribution >= 0.6 is 0 Å². The van der Waals surface area contributed by atoms with E-state index in [4.69, 9.17) is 4.74 Å². The first-order valence-corrected chi connectivity index (χ1v) is 8.62. The number of hydrogen-bond acceptors (Lipinski definition) is 4. The van der Waals surface area contributed by atoms with Gasteiger partial charge >= 0.3 is 6.03 Å². The first-order chi connectivity index (χ1) is 12.7. The molecule has 1 saturated heterocycles. The first-order valence-electron chi connectivity index (χ1n) is 8.62. The summed E-state index contributed by atoms with van der Waals surface area (Å²) in [5.74, 6) is 0.763. The van der Waals surface area contributed by atoms with Gasteiger partial charge in [-0.15, -0.1) is 0 Å². The van der Waals surface area contributed by atoms with E-state index >= 15 is 0 Å². The zero-order chi connectivity index (χ0) is 18.4. The fraction of sp³-hybridized carbons (Fsp3) is 0.316. The number of anilines is 1. The van der Waals surface area contributed by atoms with Crippen LogP contribution in [0.5, 0.6) is 5.75 Å². The number of nitrogens with zero attached hydrogens (tertiary/aromatic N) is 2. The van der Waals surface area contributed by atoms with Crippen LogP contribution in [0.3, 0.4) is 0 Å². The van der Waals surface area contributed by atoms with E-state index in [1.165, 1.54) is 0 Å². The summed E-state index contributed by atoms with van der Waals surface area (Å²) in [6.45, 7) is 3.37. The molecule has 1 aliphatic rings. The molecule has 2 N–H and O–H groups in total. The van der Waals surface area contributed by atoms with Crippen molar-refractivity contribution in [3.63, 3.8) is 0 Å². The number of carbonyl (C=O) groups is 2. The number of pyridine rings is 1. The minimum Gasteiger partial charge on any atom is -0.494 e. The Labute approximate surface area is 152 Å². The molecule has 26 heavy (non-hydrogen) atoms. The van der Waals surface area contributed by atoms with Gasteiger partial charge < -0.3 is 20.3 Å². The Morgan fingerprint density at radius 2 is 2.12 bits per heavy atom. The lowest BCUT2D eigenvalue weighted by Gasteiger charge is -2.18. The lowest BCUT2D eigenvalue weighted by Crippen LogP contribution is -2.43. The number of carbonyl (C=O) groups excluding carboxylic acids is 2. The second-order valence-electron chi connectivity index (χ2n) is 6.02. The van der Waals surface area contributed by atoms with Gasteiger partial charge in [-0.25, -0.2) is 4.79 Å². The topological polar surface area (TPSA) is 83.6 Å². The molecule has 0 unspecified atom stereocenters. The van der Waals surface area contributed by atoms with Gasteiger partial charge in [0.2, 0.25) is 5.91 Å². The number of ether oxygens (including phenoxy) is 1. The van der Waals surface area contributed by atoms with Gasteiger partial charge in [-0.1, -0.05) is 6.07 Å². The molecule has 1 aromatic heterocycles. The molecule has 3 amide bonds. The van der Waals surface area contributed by atoms with Gasteiger partial charge in [0.05, 0.1) is 12.6 Å². The second-order valence-corrected chi connectivity index (χ2v) is 6.02. The summed E-state index contributed by atoms with van der Waals surface area (Å²) in [6, 6.07) is 10.6. The molecule has 1 atom stereocenters. The lowest BCUT2D eigenvalue weighted by atomic mass is 10.2. The number of hydrogen-bond donors (Lipinski definition) is 2. The van der Waals surface area contributed by atoms with Gasteiger partial charge in [-0.05, 0) is 42.8 Å². The van der Waals surface area contributed by atoms with Gasteiger partial charge in [-0.3, -0.25) is 9.78 Å². The molecule has 1 fully saturated rings. The molecule has 136 valence electrons. The highest BCUT2D eigenvalue weighted by atomic mass is 16.5. The monoisotopic (exact) mass is 354 g/mol. The summed E-state index contributed by atoms with van der Waals surface area (Å²) < 4.78 is 5.41. The van der Waals surface area contributed by atoms with Crippen molar-refractivity contribution in [2.24, 2.45) is 0 Å². The van der Waals surface area contributed by atoms with Gasteiger partial charge in [0.15, 0.2) is 0 Å². The Morgan fingerprint density at radius 3 is 2.81 bits per heavy atom. The highest BCUT2D eigenvalue weighted by molar-refractivity contribution is 5.96. The first kappa shape index (κ1) is 17.7. The Balaban J connectivity index is 1.51. The summed E-state index contributed by atoms with van der Waals surface area (Å²) in [4.78, 5) is 30.0. The highest BCUT2D eigenvalue weighted by Gasteiger charge is 2.31. The molecule has 1 aliphatic heterocycles. The third kappa shape index (κ3) is 4.50. The molecule has 0 spiro atoms. The van der Waals surface area contributed by atoms with Crippen molar-refractivity contribution in [3.8, 4) is 5.75 Å². The van der Waals surface area contributed by atoms with E-state index in [0.717, 1.165) is 17.0 Å². The zero-order valence-electron chi connectivity index (χ0n) is 14.6. The van der Waals surface area contributed by atoms with Gasteiger partial charge in [0.25, 0.3) is 0 Å². The summed E-state index contributed by atoms with van der Waals surface area (Å²) in [5, 5.41) is 5.63. The van der Waals surface area contributed by atoms with Crippen LogP contribution in [0.4, 0.5) is 10.5 Å². The van der Waals surface area contributed by atoms with E-state index in [0.29, 0.717) is 19.7 Å². The molecular formula is C19H22N4O3. The Kier molecular flexibility index (Phi) is 5.68. The number of aromatic nitrogens is 1. The van der Waals surface area contributed by atoms with E-state index in [-0.39, 0.29) is 24.4 Å². The molecule has 2 heterocycles. The van der Waals surface area contributed by atoms with Crippen molar-refractivity contribution in [3.05, 3.63) is 54.4 Å². The van der Waals surface area contributed by atoms with Crippen LogP contribution in [-0.2, 0) is 11.3 Å². The number of rotatable bonds is 6. The summed E-state index contributed by atoms with van der Waals surface area (Å²) in [6.07, 6.45) is 3.67. The predicted molar refractivity (Wildman–Crippen MR) is 98.0 cm³/mol. The van der Waals surface area contributed by atoms with Crippen molar-refractivity contribution in [1.29, 1.82) is 0 Å². The molecule has 1 aromatic carbocycles. The smallest absolute Gasteiger partial charge is 0.315 e. The summed E-state index contributed by atoms with van der Waals surface area (Å²) in [7, 11) is 0. The van der Waals surface area contributed by atoms with E-state index in [1.54, 1.807) is 17.3 Å². The number of benzene rings is 1. The van der Waals surface area contributed by atoms with Crippen LogP contribution in [-0.4, -0.2) is 36.1 Å². The largest absolute Gasteiger partial charge is 0.494 e. The van der Waals surface area contributed by atoms with Crippen LogP contribution < -0.4 is 20.3 Å². The Morgan fingerprint density at radius 1 is 1.31 bits per heavy atom. The minimum absolute atomic E-state index is 0.00767. The maximum Gasteiger partial charge on any atom is 0.315 e. The third-order valence-corrected chi connectivity index (χ3v) is 4.10. The molecule has 0 aliphatic carbocycles. The van der Waals surface area contributed by atoms with Gasteiger partial charge in [0, 0.05) is 37.6 Å². The molecular weight excluding hydrogens is 332 g/mol. The maximum atomic E-state index is 12.3. The average Bonchev–Trinajstić information content (AvgIpc) is 3.02. The maximum absolute atomic E-state index is 12.3. The fourth-order valence-corrected chi connectivity index (χ4v) is 2.86. The van der Waals surface area contributed by atoms with Gasteiger partial charge in [-0.2, -0.15) is 0 Å². The SMILES string of the molecule is CCOc1ccc(N2C[C@@H](NC(=O)NCc3cccnc3)CC2=O)cc1. The Bertz CT molecular complexity index is 749. The van der Waals surface area contributed by atoms with E-state index in [1.807, 2.05) is 43.3 Å². The molecule has 0 bridgehead atoms. The molecule has 3 rings (SSSR count). The Hall–Kier alpha value is -3.09. The predicted octanol–water partition coefficient (Wildman–Crippen LogP) is 2.08. The van der Waals surface area contributed by atoms with Crippen LogP contribution in [0, 0.1) is 0 Å².